The molecule has 24 heavy (non-hydrogen) atoms. The Kier molecular flexibility index (Phi) is 7.41. The van der Waals surface area contributed by atoms with E-state index in [-0.39, 0.29) is 30.7 Å². The Morgan fingerprint density at radius 2 is 1.67 bits per heavy atom. The molecular weight excluding hydrogens is 328 g/mol. The summed E-state index contributed by atoms with van der Waals surface area (Å²) < 4.78 is 25.3. The lowest BCUT2D eigenvalue weighted by molar-refractivity contribution is -0.125. The van der Waals surface area contributed by atoms with E-state index in [1.807, 2.05) is 13.8 Å². The molecule has 1 aromatic carbocycles. The molecule has 134 valence electrons. The van der Waals surface area contributed by atoms with Crippen LogP contribution in [0, 0.1) is 5.92 Å². The average Bonchev–Trinajstić information content (AvgIpc) is 2.51. The van der Waals surface area contributed by atoms with Crippen molar-refractivity contribution in [3.63, 3.8) is 0 Å². The van der Waals surface area contributed by atoms with Gasteiger partial charge in [-0.05, 0) is 44.0 Å². The van der Waals surface area contributed by atoms with E-state index in [1.54, 1.807) is 24.3 Å². The highest BCUT2D eigenvalue weighted by Crippen LogP contribution is 2.18. The van der Waals surface area contributed by atoms with Crippen LogP contribution in [-0.4, -0.2) is 39.5 Å². The zero-order valence-electron chi connectivity index (χ0n) is 14.7. The summed E-state index contributed by atoms with van der Waals surface area (Å²) in [5.41, 5.74) is 0.994. The van der Waals surface area contributed by atoms with Crippen LogP contribution in [0.3, 0.4) is 0 Å². The maximum absolute atomic E-state index is 12.0. The fourth-order valence-electron chi connectivity index (χ4n) is 2.43. The molecule has 0 radical (unpaired) electrons. The summed E-state index contributed by atoms with van der Waals surface area (Å²) in [6.07, 6.45) is 2.63. The van der Waals surface area contributed by atoms with Crippen molar-refractivity contribution < 1.29 is 18.0 Å². The molecule has 0 spiro atoms. The number of nitrogens with one attached hydrogen (secondary N) is 1. The topological polar surface area (TPSA) is 83.6 Å². The molecule has 0 aliphatic heterocycles. The van der Waals surface area contributed by atoms with Crippen LogP contribution in [0.15, 0.2) is 24.3 Å². The molecule has 0 heterocycles. The average molecular weight is 354 g/mol. The minimum Gasteiger partial charge on any atom is -0.354 e. The number of hydrogen-bond donors (Lipinski definition) is 1. The molecule has 1 amide bonds. The summed E-state index contributed by atoms with van der Waals surface area (Å²) in [4.78, 5) is 23.3. The van der Waals surface area contributed by atoms with Gasteiger partial charge in [0.05, 0.1) is 18.5 Å². The summed E-state index contributed by atoms with van der Waals surface area (Å²) in [5, 5.41) is 2.79. The highest BCUT2D eigenvalue weighted by molar-refractivity contribution is 7.92. The van der Waals surface area contributed by atoms with Crippen molar-refractivity contribution in [1.29, 1.82) is 0 Å². The number of nitrogens with zero attached hydrogens (tertiary/aromatic N) is 1. The largest absolute Gasteiger partial charge is 0.354 e. The standard InChI is InChI=1S/C17H26N2O4S/c1-5-14(6-2)17(21)18-11-12-19(24(4,22)23)16-9-7-15(8-10-16)13(3)20/h7-10,14H,5-6,11-12H2,1-4H3,(H,18,21). The molecular formula is C17H26N2O4S. The number of anilines is 1. The van der Waals surface area contributed by atoms with Crippen LogP contribution < -0.4 is 9.62 Å². The summed E-state index contributed by atoms with van der Waals surface area (Å²) in [7, 11) is -3.48. The first kappa shape index (κ1) is 20.2. The number of carbonyl (C=O) groups excluding carboxylic acids is 2. The van der Waals surface area contributed by atoms with Crippen molar-refractivity contribution in [2.75, 3.05) is 23.7 Å². The minimum atomic E-state index is -3.48. The molecule has 0 atom stereocenters. The fraction of sp³-hybridized carbons (Fsp3) is 0.529. The van der Waals surface area contributed by atoms with Gasteiger partial charge in [-0.25, -0.2) is 8.42 Å². The van der Waals surface area contributed by atoms with E-state index in [4.69, 9.17) is 0 Å². The number of Topliss-reactive ketones (excluding diaryl/α,β-unsaturated/α-hetero) is 1. The molecule has 1 rings (SSSR count). The lowest BCUT2D eigenvalue weighted by atomic mass is 10.0. The number of ketones is 1. The van der Waals surface area contributed by atoms with E-state index >= 15 is 0 Å². The van der Waals surface area contributed by atoms with Gasteiger partial charge in [0.15, 0.2) is 5.78 Å². The van der Waals surface area contributed by atoms with E-state index < -0.39 is 10.0 Å². The van der Waals surface area contributed by atoms with Gasteiger partial charge in [-0.1, -0.05) is 13.8 Å². The van der Waals surface area contributed by atoms with Crippen LogP contribution in [0.5, 0.6) is 0 Å². The van der Waals surface area contributed by atoms with Crippen LogP contribution in [0.1, 0.15) is 44.0 Å². The molecule has 0 unspecified atom stereocenters. The van der Waals surface area contributed by atoms with Crippen molar-refractivity contribution in [3.05, 3.63) is 29.8 Å². The number of rotatable bonds is 9. The second-order valence-corrected chi connectivity index (χ2v) is 7.65. The van der Waals surface area contributed by atoms with Crippen LogP contribution >= 0.6 is 0 Å². The van der Waals surface area contributed by atoms with E-state index in [1.165, 1.54) is 11.2 Å². The zero-order valence-corrected chi connectivity index (χ0v) is 15.5. The molecule has 1 N–H and O–H groups in total. The lowest BCUT2D eigenvalue weighted by Crippen LogP contribution is -2.39. The highest BCUT2D eigenvalue weighted by Gasteiger charge is 2.19. The maximum Gasteiger partial charge on any atom is 0.232 e. The third-order valence-corrected chi connectivity index (χ3v) is 5.13. The summed E-state index contributed by atoms with van der Waals surface area (Å²) in [6.45, 7) is 5.73. The number of sulfonamides is 1. The van der Waals surface area contributed by atoms with E-state index in [0.717, 1.165) is 19.1 Å². The van der Waals surface area contributed by atoms with Gasteiger partial charge in [-0.2, -0.15) is 0 Å². The van der Waals surface area contributed by atoms with Crippen LogP contribution in [0.2, 0.25) is 0 Å². The summed E-state index contributed by atoms with van der Waals surface area (Å²) >= 11 is 0. The van der Waals surface area contributed by atoms with Gasteiger partial charge in [0.2, 0.25) is 15.9 Å². The molecule has 0 saturated carbocycles. The highest BCUT2D eigenvalue weighted by atomic mass is 32.2. The van der Waals surface area contributed by atoms with Gasteiger partial charge < -0.3 is 5.32 Å². The Morgan fingerprint density at radius 3 is 2.08 bits per heavy atom. The van der Waals surface area contributed by atoms with Gasteiger partial charge in [-0.3, -0.25) is 13.9 Å². The Hall–Kier alpha value is -1.89. The van der Waals surface area contributed by atoms with Crippen molar-refractivity contribution in [2.24, 2.45) is 5.92 Å². The molecule has 0 aromatic heterocycles. The Bertz CT molecular complexity index is 664. The number of amides is 1. The molecule has 0 saturated heterocycles. The predicted octanol–water partition coefficient (Wildman–Crippen LogP) is 2.21. The maximum atomic E-state index is 12.0. The molecule has 0 aliphatic rings. The lowest BCUT2D eigenvalue weighted by Gasteiger charge is -2.23. The molecule has 1 aromatic rings. The summed E-state index contributed by atoms with van der Waals surface area (Å²) in [5.74, 6) is -0.184. The number of carbonyl (C=O) groups is 2. The van der Waals surface area contributed by atoms with E-state index in [9.17, 15) is 18.0 Å². The predicted molar refractivity (Wildman–Crippen MR) is 95.7 cm³/mol. The second-order valence-electron chi connectivity index (χ2n) is 5.74. The van der Waals surface area contributed by atoms with Crippen LogP contribution in [0.25, 0.3) is 0 Å². The van der Waals surface area contributed by atoms with Crippen LogP contribution in [0.4, 0.5) is 5.69 Å². The van der Waals surface area contributed by atoms with E-state index in [2.05, 4.69) is 5.32 Å². The first-order valence-electron chi connectivity index (χ1n) is 8.07. The van der Waals surface area contributed by atoms with Gasteiger partial charge in [0, 0.05) is 18.0 Å². The number of hydrogen-bond acceptors (Lipinski definition) is 4. The van der Waals surface area contributed by atoms with Gasteiger partial charge >= 0.3 is 0 Å². The Morgan fingerprint density at radius 1 is 1.12 bits per heavy atom. The second kappa shape index (κ2) is 8.82. The SMILES string of the molecule is CCC(CC)C(=O)NCCN(c1ccc(C(C)=O)cc1)S(C)(=O)=O. The molecule has 0 fully saturated rings. The van der Waals surface area contributed by atoms with Gasteiger partial charge in [0.25, 0.3) is 0 Å². The first-order valence-corrected chi connectivity index (χ1v) is 9.91. The third kappa shape index (κ3) is 5.63. The third-order valence-electron chi connectivity index (χ3n) is 3.93. The smallest absolute Gasteiger partial charge is 0.232 e. The van der Waals surface area contributed by atoms with Crippen molar-refractivity contribution in [2.45, 2.75) is 33.6 Å². The number of benzene rings is 1. The van der Waals surface area contributed by atoms with Crippen molar-refractivity contribution in [1.82, 2.24) is 5.32 Å². The summed E-state index contributed by atoms with van der Waals surface area (Å²) in [6, 6.07) is 6.39. The minimum absolute atomic E-state index is 0.0495. The van der Waals surface area contributed by atoms with Crippen LogP contribution in [-0.2, 0) is 14.8 Å². The fourth-order valence-corrected chi connectivity index (χ4v) is 3.36. The van der Waals surface area contributed by atoms with Gasteiger partial charge in [-0.15, -0.1) is 0 Å². The molecule has 7 heteroatoms. The zero-order chi connectivity index (χ0) is 18.3. The van der Waals surface area contributed by atoms with Crippen molar-refractivity contribution in [3.8, 4) is 0 Å². The monoisotopic (exact) mass is 354 g/mol. The molecule has 0 aliphatic carbocycles. The normalized spacial score (nSPS) is 11.4. The van der Waals surface area contributed by atoms with Gasteiger partial charge in [0.1, 0.15) is 0 Å². The Labute approximate surface area is 144 Å². The molecule has 6 nitrogen and oxygen atoms in total. The van der Waals surface area contributed by atoms with Crippen molar-refractivity contribution >= 4 is 27.4 Å². The molecule has 0 bridgehead atoms. The first-order chi connectivity index (χ1) is 11.2. The quantitative estimate of drug-likeness (QED) is 0.689. The Balaban J connectivity index is 2.81. The van der Waals surface area contributed by atoms with E-state index in [0.29, 0.717) is 11.3 Å².